The maximum Gasteiger partial charge on any atom is 0.256 e. The van der Waals surface area contributed by atoms with E-state index in [-0.39, 0.29) is 12.5 Å². The average Bonchev–Trinajstić information content (AvgIpc) is 2.38. The van der Waals surface area contributed by atoms with E-state index in [0.717, 1.165) is 0 Å². The zero-order valence-electron chi connectivity index (χ0n) is 10.2. The molecule has 0 spiro atoms. The standard InChI is InChI=1S/C12H12BrN3O3/c1-2-8-11(18)15-10(17)6-16(8)12(19)7-3-4-9(13)14-5-7/h3-5,8H,2,6H2,1H3,(H,15,17,18). The minimum absolute atomic E-state index is 0.112. The third-order valence-electron chi connectivity index (χ3n) is 2.88. The summed E-state index contributed by atoms with van der Waals surface area (Å²) in [5, 5.41) is 2.23. The molecule has 7 heteroatoms. The number of nitrogens with one attached hydrogen (secondary N) is 1. The molecule has 1 saturated heterocycles. The van der Waals surface area contributed by atoms with Gasteiger partial charge in [0, 0.05) is 6.20 Å². The lowest BCUT2D eigenvalue weighted by atomic mass is 10.1. The molecular formula is C12H12BrN3O3. The normalized spacial score (nSPS) is 19.3. The highest BCUT2D eigenvalue weighted by molar-refractivity contribution is 9.10. The first-order valence-corrected chi connectivity index (χ1v) is 6.58. The van der Waals surface area contributed by atoms with E-state index >= 15 is 0 Å². The molecule has 0 aromatic carbocycles. The van der Waals surface area contributed by atoms with Crippen molar-refractivity contribution < 1.29 is 14.4 Å². The Morgan fingerprint density at radius 3 is 2.84 bits per heavy atom. The monoisotopic (exact) mass is 325 g/mol. The number of piperazine rings is 1. The van der Waals surface area contributed by atoms with Crippen LogP contribution in [0.1, 0.15) is 23.7 Å². The van der Waals surface area contributed by atoms with Gasteiger partial charge in [-0.15, -0.1) is 0 Å². The first-order chi connectivity index (χ1) is 9.02. The van der Waals surface area contributed by atoms with E-state index in [1.54, 1.807) is 19.1 Å². The molecule has 1 atom stereocenters. The number of aromatic nitrogens is 1. The number of rotatable bonds is 2. The molecule has 100 valence electrons. The van der Waals surface area contributed by atoms with Gasteiger partial charge < -0.3 is 4.90 Å². The molecule has 3 amide bonds. The minimum atomic E-state index is -0.617. The van der Waals surface area contributed by atoms with Crippen LogP contribution in [0.4, 0.5) is 0 Å². The Morgan fingerprint density at radius 1 is 1.53 bits per heavy atom. The van der Waals surface area contributed by atoms with Crippen LogP contribution in [0, 0.1) is 0 Å². The van der Waals surface area contributed by atoms with Gasteiger partial charge in [-0.3, -0.25) is 19.7 Å². The largest absolute Gasteiger partial charge is 0.317 e. The molecule has 6 nitrogen and oxygen atoms in total. The maximum atomic E-state index is 12.3. The van der Waals surface area contributed by atoms with Gasteiger partial charge >= 0.3 is 0 Å². The molecule has 1 unspecified atom stereocenters. The molecule has 1 N–H and O–H groups in total. The highest BCUT2D eigenvalue weighted by Gasteiger charge is 2.35. The summed E-state index contributed by atoms with van der Waals surface area (Å²) in [7, 11) is 0. The molecule has 1 fully saturated rings. The van der Waals surface area contributed by atoms with Gasteiger partial charge in [-0.1, -0.05) is 6.92 Å². The predicted octanol–water partition coefficient (Wildman–Crippen LogP) is 0.721. The Balaban J connectivity index is 2.27. The summed E-state index contributed by atoms with van der Waals surface area (Å²) in [5.74, 6) is -1.26. The zero-order valence-corrected chi connectivity index (χ0v) is 11.8. The molecule has 1 aromatic heterocycles. The summed E-state index contributed by atoms with van der Waals surface area (Å²) < 4.78 is 0.614. The van der Waals surface area contributed by atoms with Crippen LogP contribution in [-0.2, 0) is 9.59 Å². The molecule has 1 aliphatic heterocycles. The number of hydrogen-bond donors (Lipinski definition) is 1. The first kappa shape index (κ1) is 13.7. The lowest BCUT2D eigenvalue weighted by molar-refractivity contribution is -0.138. The Hall–Kier alpha value is -1.76. The Kier molecular flexibility index (Phi) is 3.94. The van der Waals surface area contributed by atoms with Gasteiger partial charge in [0.15, 0.2) is 0 Å². The Morgan fingerprint density at radius 2 is 2.26 bits per heavy atom. The van der Waals surface area contributed by atoms with Gasteiger partial charge in [-0.05, 0) is 34.5 Å². The van der Waals surface area contributed by atoms with Gasteiger partial charge in [-0.2, -0.15) is 0 Å². The lowest BCUT2D eigenvalue weighted by Crippen LogP contribution is -2.59. The van der Waals surface area contributed by atoms with E-state index < -0.39 is 17.9 Å². The second kappa shape index (κ2) is 5.48. The number of amides is 3. The lowest BCUT2D eigenvalue weighted by Gasteiger charge is -2.33. The van der Waals surface area contributed by atoms with Crippen molar-refractivity contribution in [2.75, 3.05) is 6.54 Å². The first-order valence-electron chi connectivity index (χ1n) is 5.79. The van der Waals surface area contributed by atoms with Crippen LogP contribution in [0.25, 0.3) is 0 Å². The van der Waals surface area contributed by atoms with Crippen molar-refractivity contribution in [1.82, 2.24) is 15.2 Å². The number of nitrogens with zero attached hydrogens (tertiary/aromatic N) is 2. The van der Waals surface area contributed by atoms with Crippen molar-refractivity contribution in [3.05, 3.63) is 28.5 Å². The fraction of sp³-hybridized carbons (Fsp3) is 0.333. The van der Waals surface area contributed by atoms with E-state index in [1.165, 1.54) is 11.1 Å². The van der Waals surface area contributed by atoms with Crippen molar-refractivity contribution in [3.8, 4) is 0 Å². The summed E-state index contributed by atoms with van der Waals surface area (Å²) in [6, 6.07) is 2.62. The molecule has 0 radical (unpaired) electrons. The molecule has 0 saturated carbocycles. The Bertz CT molecular complexity index is 530. The van der Waals surface area contributed by atoms with Crippen molar-refractivity contribution in [2.45, 2.75) is 19.4 Å². The zero-order chi connectivity index (χ0) is 14.0. The summed E-state index contributed by atoms with van der Waals surface area (Å²) in [4.78, 5) is 40.6. The van der Waals surface area contributed by atoms with Crippen LogP contribution >= 0.6 is 15.9 Å². The molecule has 2 heterocycles. The molecule has 0 bridgehead atoms. The van der Waals surface area contributed by atoms with Crippen molar-refractivity contribution >= 4 is 33.7 Å². The fourth-order valence-electron chi connectivity index (χ4n) is 1.95. The highest BCUT2D eigenvalue weighted by Crippen LogP contribution is 2.15. The van der Waals surface area contributed by atoms with Crippen LogP contribution in [0.5, 0.6) is 0 Å². The molecular weight excluding hydrogens is 314 g/mol. The third kappa shape index (κ3) is 2.81. The van der Waals surface area contributed by atoms with E-state index in [0.29, 0.717) is 16.6 Å². The molecule has 19 heavy (non-hydrogen) atoms. The summed E-state index contributed by atoms with van der Waals surface area (Å²) in [5.41, 5.74) is 0.351. The summed E-state index contributed by atoms with van der Waals surface area (Å²) >= 11 is 3.18. The fourth-order valence-corrected chi connectivity index (χ4v) is 2.19. The van der Waals surface area contributed by atoms with Gasteiger partial charge in [-0.25, -0.2) is 4.98 Å². The van der Waals surface area contributed by atoms with Crippen LogP contribution in [0.3, 0.4) is 0 Å². The molecule has 2 rings (SSSR count). The van der Waals surface area contributed by atoms with E-state index in [4.69, 9.17) is 0 Å². The van der Waals surface area contributed by atoms with E-state index in [1.807, 2.05) is 0 Å². The summed E-state index contributed by atoms with van der Waals surface area (Å²) in [6.45, 7) is 1.68. The average molecular weight is 326 g/mol. The number of pyridine rings is 1. The van der Waals surface area contributed by atoms with Crippen LogP contribution in [-0.4, -0.2) is 40.2 Å². The second-order valence-corrected chi connectivity index (χ2v) is 4.95. The van der Waals surface area contributed by atoms with Gasteiger partial charge in [0.2, 0.25) is 11.8 Å². The molecule has 1 aromatic rings. The van der Waals surface area contributed by atoms with E-state index in [2.05, 4.69) is 26.2 Å². The number of imide groups is 1. The van der Waals surface area contributed by atoms with Crippen LogP contribution in [0.15, 0.2) is 22.9 Å². The number of carbonyl (C=O) groups excluding carboxylic acids is 3. The molecule has 0 aliphatic carbocycles. The quantitative estimate of drug-likeness (QED) is 0.642. The Labute approximate surface area is 118 Å². The van der Waals surface area contributed by atoms with Crippen molar-refractivity contribution in [2.24, 2.45) is 0 Å². The number of halogens is 1. The van der Waals surface area contributed by atoms with Crippen molar-refractivity contribution in [1.29, 1.82) is 0 Å². The SMILES string of the molecule is CCC1C(=O)NC(=O)CN1C(=O)c1ccc(Br)nc1. The van der Waals surface area contributed by atoms with Gasteiger partial charge in [0.25, 0.3) is 5.91 Å². The number of carbonyl (C=O) groups is 3. The smallest absolute Gasteiger partial charge is 0.256 e. The summed E-state index contributed by atoms with van der Waals surface area (Å²) in [6.07, 6.45) is 1.87. The number of hydrogen-bond acceptors (Lipinski definition) is 4. The third-order valence-corrected chi connectivity index (χ3v) is 3.35. The topological polar surface area (TPSA) is 79.4 Å². The molecule has 1 aliphatic rings. The van der Waals surface area contributed by atoms with Gasteiger partial charge in [0.1, 0.15) is 17.2 Å². The van der Waals surface area contributed by atoms with Crippen LogP contribution in [0.2, 0.25) is 0 Å². The predicted molar refractivity (Wildman–Crippen MR) is 70.2 cm³/mol. The minimum Gasteiger partial charge on any atom is -0.317 e. The highest BCUT2D eigenvalue weighted by atomic mass is 79.9. The second-order valence-electron chi connectivity index (χ2n) is 4.14. The van der Waals surface area contributed by atoms with E-state index in [9.17, 15) is 14.4 Å². The van der Waals surface area contributed by atoms with Gasteiger partial charge in [0.05, 0.1) is 5.56 Å². The van der Waals surface area contributed by atoms with Crippen LogP contribution < -0.4 is 5.32 Å². The van der Waals surface area contributed by atoms with Crippen molar-refractivity contribution in [3.63, 3.8) is 0 Å². The maximum absolute atomic E-state index is 12.3.